The normalized spacial score (nSPS) is 23.2. The van der Waals surface area contributed by atoms with E-state index < -0.39 is 5.60 Å². The van der Waals surface area contributed by atoms with Crippen LogP contribution in [-0.2, 0) is 21.6 Å². The van der Waals surface area contributed by atoms with Crippen molar-refractivity contribution in [2.24, 2.45) is 0 Å². The van der Waals surface area contributed by atoms with Crippen LogP contribution in [0.1, 0.15) is 30.4 Å². The van der Waals surface area contributed by atoms with Crippen molar-refractivity contribution in [3.8, 4) is 17.2 Å². The number of hydrogen-bond acceptors (Lipinski definition) is 5. The molecule has 0 aromatic heterocycles. The summed E-state index contributed by atoms with van der Waals surface area (Å²) in [5, 5.41) is 0. The molecule has 118 valence electrons. The maximum Gasteiger partial charge on any atom is 0.334 e. The standard InChI is InChI=1S/C17H20O5/c1-10-9-17(22-16(10)18)7-5-6-11-8-12(19-2)14(20-3)15(21-4)13(11)17/h8H,1,5-7,9H2,2-4H3. The lowest BCUT2D eigenvalue weighted by molar-refractivity contribution is -0.148. The van der Waals surface area contributed by atoms with Gasteiger partial charge in [-0.05, 0) is 30.9 Å². The number of aryl methyl sites for hydroxylation is 1. The number of methoxy groups -OCH3 is 3. The van der Waals surface area contributed by atoms with Crippen LogP contribution in [0.15, 0.2) is 18.2 Å². The molecule has 1 unspecified atom stereocenters. The third-order valence-electron chi connectivity index (χ3n) is 4.47. The van der Waals surface area contributed by atoms with Crippen molar-refractivity contribution in [2.45, 2.75) is 31.3 Å². The van der Waals surface area contributed by atoms with Crippen LogP contribution in [0.25, 0.3) is 0 Å². The zero-order chi connectivity index (χ0) is 15.9. The van der Waals surface area contributed by atoms with Crippen LogP contribution in [0, 0.1) is 0 Å². The minimum atomic E-state index is -0.688. The number of carbonyl (C=O) groups is 1. The summed E-state index contributed by atoms with van der Waals surface area (Å²) < 4.78 is 22.2. The minimum Gasteiger partial charge on any atom is -0.493 e. The molecule has 1 aliphatic carbocycles. The zero-order valence-electron chi connectivity index (χ0n) is 13.2. The Labute approximate surface area is 129 Å². The molecule has 1 spiro atoms. The molecule has 5 nitrogen and oxygen atoms in total. The summed E-state index contributed by atoms with van der Waals surface area (Å²) in [6, 6.07) is 1.95. The highest BCUT2D eigenvalue weighted by molar-refractivity contribution is 5.91. The van der Waals surface area contributed by atoms with Gasteiger partial charge in [-0.2, -0.15) is 0 Å². The van der Waals surface area contributed by atoms with Gasteiger partial charge in [0.25, 0.3) is 0 Å². The molecule has 0 radical (unpaired) electrons. The minimum absolute atomic E-state index is 0.329. The lowest BCUT2D eigenvalue weighted by Crippen LogP contribution is -2.31. The van der Waals surface area contributed by atoms with E-state index >= 15 is 0 Å². The summed E-state index contributed by atoms with van der Waals surface area (Å²) in [7, 11) is 4.76. The first-order valence-electron chi connectivity index (χ1n) is 7.29. The van der Waals surface area contributed by atoms with Gasteiger partial charge in [0.1, 0.15) is 5.60 Å². The fourth-order valence-electron chi connectivity index (χ4n) is 3.57. The molecule has 1 saturated heterocycles. The summed E-state index contributed by atoms with van der Waals surface area (Å²) in [5.74, 6) is 1.40. The topological polar surface area (TPSA) is 54.0 Å². The Balaban J connectivity index is 2.26. The second-order valence-corrected chi connectivity index (χ2v) is 5.70. The molecule has 2 aliphatic rings. The number of benzene rings is 1. The number of rotatable bonds is 3. The van der Waals surface area contributed by atoms with Gasteiger partial charge in [-0.15, -0.1) is 0 Å². The van der Waals surface area contributed by atoms with E-state index in [4.69, 9.17) is 18.9 Å². The first-order chi connectivity index (χ1) is 10.6. The molecular weight excluding hydrogens is 284 g/mol. The predicted molar refractivity (Wildman–Crippen MR) is 80.6 cm³/mol. The monoisotopic (exact) mass is 304 g/mol. The number of fused-ring (bicyclic) bond motifs is 2. The van der Waals surface area contributed by atoms with Crippen molar-refractivity contribution in [3.63, 3.8) is 0 Å². The van der Waals surface area contributed by atoms with Crippen LogP contribution in [0.3, 0.4) is 0 Å². The summed E-state index contributed by atoms with van der Waals surface area (Å²) in [6.07, 6.45) is 3.07. The molecule has 1 atom stereocenters. The van der Waals surface area contributed by atoms with Gasteiger partial charge in [0.15, 0.2) is 11.5 Å². The molecular formula is C17H20O5. The first kappa shape index (κ1) is 14.8. The van der Waals surface area contributed by atoms with Crippen LogP contribution < -0.4 is 14.2 Å². The molecule has 1 aromatic carbocycles. The summed E-state index contributed by atoms with van der Waals surface area (Å²) in [4.78, 5) is 11.9. The van der Waals surface area contributed by atoms with E-state index in [2.05, 4.69) is 6.58 Å². The molecule has 22 heavy (non-hydrogen) atoms. The van der Waals surface area contributed by atoms with Gasteiger partial charge in [-0.1, -0.05) is 6.58 Å². The Morgan fingerprint density at radius 3 is 2.45 bits per heavy atom. The fourth-order valence-corrected chi connectivity index (χ4v) is 3.57. The Kier molecular flexibility index (Phi) is 3.51. The Morgan fingerprint density at radius 2 is 1.91 bits per heavy atom. The predicted octanol–water partition coefficient (Wildman–Crippen LogP) is 2.75. The Bertz CT molecular complexity index is 631. The average Bonchev–Trinajstić information content (AvgIpc) is 2.80. The smallest absolute Gasteiger partial charge is 0.334 e. The number of hydrogen-bond donors (Lipinski definition) is 0. The zero-order valence-corrected chi connectivity index (χ0v) is 13.2. The van der Waals surface area contributed by atoms with Crippen molar-refractivity contribution >= 4 is 5.97 Å². The van der Waals surface area contributed by atoms with Crippen LogP contribution in [0.4, 0.5) is 0 Å². The second-order valence-electron chi connectivity index (χ2n) is 5.70. The van der Waals surface area contributed by atoms with E-state index in [9.17, 15) is 4.79 Å². The van der Waals surface area contributed by atoms with Crippen LogP contribution in [0.5, 0.6) is 17.2 Å². The van der Waals surface area contributed by atoms with E-state index in [1.54, 1.807) is 21.3 Å². The molecule has 3 rings (SSSR count). The molecule has 0 amide bonds. The van der Waals surface area contributed by atoms with Gasteiger partial charge in [0, 0.05) is 17.6 Å². The molecule has 1 heterocycles. The summed E-state index contributed by atoms with van der Waals surface area (Å²) >= 11 is 0. The van der Waals surface area contributed by atoms with Crippen LogP contribution >= 0.6 is 0 Å². The fraction of sp³-hybridized carbons (Fsp3) is 0.471. The highest BCUT2D eigenvalue weighted by atomic mass is 16.6. The van der Waals surface area contributed by atoms with Gasteiger partial charge in [-0.3, -0.25) is 0 Å². The van der Waals surface area contributed by atoms with Crippen LogP contribution in [0.2, 0.25) is 0 Å². The summed E-state index contributed by atoms with van der Waals surface area (Å²) in [5.41, 5.74) is 1.78. The molecule has 0 bridgehead atoms. The molecule has 0 saturated carbocycles. The number of carbonyl (C=O) groups excluding carboxylic acids is 1. The Morgan fingerprint density at radius 1 is 1.18 bits per heavy atom. The molecule has 1 fully saturated rings. The molecule has 0 N–H and O–H groups in total. The highest BCUT2D eigenvalue weighted by Gasteiger charge is 2.49. The lowest BCUT2D eigenvalue weighted by atomic mass is 9.76. The third-order valence-corrected chi connectivity index (χ3v) is 4.47. The van der Waals surface area contributed by atoms with Gasteiger partial charge < -0.3 is 18.9 Å². The SMILES string of the molecule is C=C1CC2(CCCc3cc(OC)c(OC)c(OC)c32)OC1=O. The van der Waals surface area contributed by atoms with Crippen molar-refractivity contribution in [2.75, 3.05) is 21.3 Å². The summed E-state index contributed by atoms with van der Waals surface area (Å²) in [6.45, 7) is 3.82. The van der Waals surface area contributed by atoms with Gasteiger partial charge in [0.2, 0.25) is 5.75 Å². The van der Waals surface area contributed by atoms with E-state index in [0.29, 0.717) is 29.2 Å². The number of esters is 1. The lowest BCUT2D eigenvalue weighted by Gasteiger charge is -2.36. The molecule has 1 aromatic rings. The maximum atomic E-state index is 11.9. The van der Waals surface area contributed by atoms with E-state index in [1.165, 1.54) is 0 Å². The van der Waals surface area contributed by atoms with Gasteiger partial charge in [0.05, 0.1) is 21.3 Å². The average molecular weight is 304 g/mol. The highest BCUT2D eigenvalue weighted by Crippen LogP contribution is 2.55. The van der Waals surface area contributed by atoms with E-state index in [0.717, 1.165) is 30.4 Å². The van der Waals surface area contributed by atoms with Gasteiger partial charge >= 0.3 is 5.97 Å². The maximum absolute atomic E-state index is 11.9. The van der Waals surface area contributed by atoms with Crippen molar-refractivity contribution in [1.82, 2.24) is 0 Å². The van der Waals surface area contributed by atoms with Crippen molar-refractivity contribution < 1.29 is 23.7 Å². The second kappa shape index (κ2) is 5.23. The van der Waals surface area contributed by atoms with Crippen LogP contribution in [-0.4, -0.2) is 27.3 Å². The van der Waals surface area contributed by atoms with E-state index in [-0.39, 0.29) is 5.97 Å². The molecule has 1 aliphatic heterocycles. The van der Waals surface area contributed by atoms with Gasteiger partial charge in [-0.25, -0.2) is 4.79 Å². The molecule has 5 heteroatoms. The quantitative estimate of drug-likeness (QED) is 0.635. The Hall–Kier alpha value is -2.17. The largest absolute Gasteiger partial charge is 0.493 e. The van der Waals surface area contributed by atoms with Crippen molar-refractivity contribution in [1.29, 1.82) is 0 Å². The van der Waals surface area contributed by atoms with E-state index in [1.807, 2.05) is 6.07 Å². The van der Waals surface area contributed by atoms with Crippen molar-refractivity contribution in [3.05, 3.63) is 29.3 Å². The first-order valence-corrected chi connectivity index (χ1v) is 7.29. The number of ether oxygens (including phenoxy) is 4. The third kappa shape index (κ3) is 1.95.